The van der Waals surface area contributed by atoms with Crippen LogP contribution in [0.4, 0.5) is 0 Å². The molecule has 0 saturated carbocycles. The Morgan fingerprint density at radius 1 is 1.48 bits per heavy atom. The fraction of sp³-hybridized carbons (Fsp3) is 0.533. The number of guanidine groups is 1. The highest BCUT2D eigenvalue weighted by Crippen LogP contribution is 2.16. The Balaban J connectivity index is 0.00000484. The van der Waals surface area contributed by atoms with Gasteiger partial charge in [-0.05, 0) is 6.92 Å². The summed E-state index contributed by atoms with van der Waals surface area (Å²) in [6.45, 7) is 9.33. The topological polar surface area (TPSA) is 69.6 Å². The lowest BCUT2D eigenvalue weighted by Crippen LogP contribution is -2.40. The number of thiazole rings is 1. The molecule has 0 aliphatic heterocycles. The number of aromatic nitrogens is 1. The lowest BCUT2D eigenvalue weighted by Gasteiger charge is -2.16. The van der Waals surface area contributed by atoms with E-state index in [9.17, 15) is 4.79 Å². The van der Waals surface area contributed by atoms with Crippen molar-refractivity contribution in [3.63, 3.8) is 0 Å². The smallest absolute Gasteiger partial charge is 0.243 e. The highest BCUT2D eigenvalue weighted by atomic mass is 127. The van der Waals surface area contributed by atoms with Crippen molar-refractivity contribution in [2.24, 2.45) is 4.99 Å². The van der Waals surface area contributed by atoms with Crippen LogP contribution < -0.4 is 10.6 Å². The number of hydrogen-bond acceptors (Lipinski definition) is 4. The summed E-state index contributed by atoms with van der Waals surface area (Å²) in [4.78, 5) is 21.8. The van der Waals surface area contributed by atoms with Gasteiger partial charge in [-0.3, -0.25) is 4.79 Å². The highest BCUT2D eigenvalue weighted by Gasteiger charge is 2.10. The van der Waals surface area contributed by atoms with E-state index in [1.165, 1.54) is 4.90 Å². The third-order valence-corrected chi connectivity index (χ3v) is 3.88. The molecule has 23 heavy (non-hydrogen) atoms. The predicted molar refractivity (Wildman–Crippen MR) is 108 cm³/mol. The molecule has 1 aromatic heterocycles. The highest BCUT2D eigenvalue weighted by molar-refractivity contribution is 14.0. The van der Waals surface area contributed by atoms with Gasteiger partial charge in [0.05, 0.1) is 5.01 Å². The molecule has 1 rings (SSSR count). The molecule has 0 aromatic carbocycles. The number of likely N-dealkylation sites (N-methyl/N-ethyl adjacent to an activating group) is 1. The number of rotatable bonds is 7. The number of amides is 1. The van der Waals surface area contributed by atoms with Crippen molar-refractivity contribution in [2.75, 3.05) is 33.7 Å². The Hall–Kier alpha value is -1.16. The van der Waals surface area contributed by atoms with Crippen molar-refractivity contribution in [3.8, 4) is 0 Å². The minimum Gasteiger partial charge on any atom is -0.356 e. The van der Waals surface area contributed by atoms with Crippen LogP contribution in [0, 0.1) is 0 Å². The molecular formula is C15H26IN5OS. The van der Waals surface area contributed by atoms with Gasteiger partial charge in [0.1, 0.15) is 6.54 Å². The first-order valence-corrected chi connectivity index (χ1v) is 8.04. The van der Waals surface area contributed by atoms with Crippen LogP contribution in [0.3, 0.4) is 0 Å². The maximum Gasteiger partial charge on any atom is 0.243 e. The second kappa shape index (κ2) is 11.4. The summed E-state index contributed by atoms with van der Waals surface area (Å²) < 4.78 is 0. The van der Waals surface area contributed by atoms with Gasteiger partial charge >= 0.3 is 0 Å². The minimum atomic E-state index is -0.0376. The van der Waals surface area contributed by atoms with Crippen molar-refractivity contribution in [2.45, 2.75) is 19.8 Å². The Morgan fingerprint density at radius 2 is 2.17 bits per heavy atom. The van der Waals surface area contributed by atoms with Crippen LogP contribution >= 0.6 is 35.3 Å². The zero-order valence-electron chi connectivity index (χ0n) is 14.1. The summed E-state index contributed by atoms with van der Waals surface area (Å²) in [7, 11) is 3.44. The van der Waals surface area contributed by atoms with Crippen molar-refractivity contribution in [1.29, 1.82) is 0 Å². The molecule has 130 valence electrons. The van der Waals surface area contributed by atoms with E-state index in [0.717, 1.165) is 10.6 Å². The average Bonchev–Trinajstić information content (AvgIpc) is 2.99. The molecule has 8 heteroatoms. The van der Waals surface area contributed by atoms with Crippen LogP contribution in [0.2, 0.25) is 0 Å². The van der Waals surface area contributed by atoms with Gasteiger partial charge in [0.2, 0.25) is 5.91 Å². The third kappa shape index (κ3) is 8.89. The van der Waals surface area contributed by atoms with Gasteiger partial charge in [0.25, 0.3) is 0 Å². The number of aliphatic imine (C=N–C) groups is 1. The fourth-order valence-electron chi connectivity index (χ4n) is 1.51. The molecule has 0 bridgehead atoms. The SMILES string of the molecule is C=C(C)CNC(=NCC(=O)N(C)C)NCC(C)c1nccs1.I. The van der Waals surface area contributed by atoms with Gasteiger partial charge in [-0.25, -0.2) is 9.98 Å². The van der Waals surface area contributed by atoms with E-state index >= 15 is 0 Å². The third-order valence-electron chi connectivity index (χ3n) is 2.88. The second-order valence-corrected chi connectivity index (χ2v) is 6.34. The molecule has 0 radical (unpaired) electrons. The van der Waals surface area contributed by atoms with Gasteiger partial charge < -0.3 is 15.5 Å². The van der Waals surface area contributed by atoms with Crippen LogP contribution in [0.5, 0.6) is 0 Å². The number of halogens is 1. The van der Waals surface area contributed by atoms with E-state index in [4.69, 9.17) is 0 Å². The molecule has 6 nitrogen and oxygen atoms in total. The van der Waals surface area contributed by atoms with Crippen molar-refractivity contribution in [3.05, 3.63) is 28.7 Å². The van der Waals surface area contributed by atoms with Gasteiger partial charge in [0, 0.05) is 44.7 Å². The fourth-order valence-corrected chi connectivity index (χ4v) is 2.21. The van der Waals surface area contributed by atoms with E-state index in [1.54, 1.807) is 31.6 Å². The Bertz CT molecular complexity index is 516. The maximum absolute atomic E-state index is 11.6. The first-order valence-electron chi connectivity index (χ1n) is 7.16. The molecule has 1 aromatic rings. The van der Waals surface area contributed by atoms with E-state index < -0.39 is 0 Å². The monoisotopic (exact) mass is 451 g/mol. The summed E-state index contributed by atoms with van der Waals surface area (Å²) in [5, 5.41) is 9.46. The predicted octanol–water partition coefficient (Wildman–Crippen LogP) is 2.06. The Labute approximate surface area is 159 Å². The molecule has 0 aliphatic rings. The number of nitrogens with zero attached hydrogens (tertiary/aromatic N) is 3. The van der Waals surface area contributed by atoms with E-state index in [1.807, 2.05) is 12.3 Å². The van der Waals surface area contributed by atoms with Gasteiger partial charge in [-0.15, -0.1) is 35.3 Å². The summed E-state index contributed by atoms with van der Waals surface area (Å²) in [5.41, 5.74) is 1.00. The van der Waals surface area contributed by atoms with Gasteiger partial charge in [-0.1, -0.05) is 19.1 Å². The molecule has 0 saturated heterocycles. The summed E-state index contributed by atoms with van der Waals surface area (Å²) in [6, 6.07) is 0. The minimum absolute atomic E-state index is 0. The molecule has 1 unspecified atom stereocenters. The van der Waals surface area contributed by atoms with Gasteiger partial charge in [-0.2, -0.15) is 0 Å². The Kier molecular flexibility index (Phi) is 10.8. The van der Waals surface area contributed by atoms with E-state index in [0.29, 0.717) is 19.0 Å². The number of carbonyl (C=O) groups excluding carboxylic acids is 1. The zero-order valence-corrected chi connectivity index (χ0v) is 17.3. The van der Waals surface area contributed by atoms with E-state index in [2.05, 4.69) is 34.1 Å². The molecule has 0 fully saturated rings. The van der Waals surface area contributed by atoms with Crippen LogP contribution in [0.25, 0.3) is 0 Å². The molecule has 1 atom stereocenters. The van der Waals surface area contributed by atoms with Crippen molar-refractivity contribution >= 4 is 47.2 Å². The summed E-state index contributed by atoms with van der Waals surface area (Å²) in [6.07, 6.45) is 1.81. The van der Waals surface area contributed by atoms with Crippen LogP contribution in [0.15, 0.2) is 28.7 Å². The van der Waals surface area contributed by atoms with Crippen molar-refractivity contribution in [1.82, 2.24) is 20.5 Å². The zero-order chi connectivity index (χ0) is 16.5. The summed E-state index contributed by atoms with van der Waals surface area (Å²) >= 11 is 1.64. The first kappa shape index (κ1) is 21.8. The number of carbonyl (C=O) groups is 1. The molecule has 0 spiro atoms. The van der Waals surface area contributed by atoms with Gasteiger partial charge in [0.15, 0.2) is 5.96 Å². The largest absolute Gasteiger partial charge is 0.356 e. The Morgan fingerprint density at radius 3 is 2.70 bits per heavy atom. The second-order valence-electron chi connectivity index (χ2n) is 5.42. The molecule has 1 amide bonds. The molecule has 0 aliphatic carbocycles. The lowest BCUT2D eigenvalue weighted by molar-refractivity contribution is -0.127. The summed E-state index contributed by atoms with van der Waals surface area (Å²) in [5.74, 6) is 0.854. The van der Waals surface area contributed by atoms with Crippen molar-refractivity contribution < 1.29 is 4.79 Å². The van der Waals surface area contributed by atoms with Crippen LogP contribution in [-0.2, 0) is 4.79 Å². The maximum atomic E-state index is 11.6. The normalized spacial score (nSPS) is 12.1. The number of nitrogens with one attached hydrogen (secondary N) is 2. The van der Waals surface area contributed by atoms with Crippen LogP contribution in [-0.4, -0.2) is 55.5 Å². The number of hydrogen-bond donors (Lipinski definition) is 2. The average molecular weight is 451 g/mol. The molecule has 2 N–H and O–H groups in total. The quantitative estimate of drug-likeness (QED) is 0.288. The molecular weight excluding hydrogens is 425 g/mol. The van der Waals surface area contributed by atoms with Crippen LogP contribution in [0.1, 0.15) is 24.8 Å². The standard InChI is InChI=1S/C15H25N5OS.HI/c1-11(2)8-17-15(19-10-13(21)20(4)5)18-9-12(3)14-16-6-7-22-14;/h6-7,12H,1,8-10H2,2-5H3,(H2,17,18,19);1H. The lowest BCUT2D eigenvalue weighted by atomic mass is 10.2. The first-order chi connectivity index (χ1) is 10.4. The molecule has 1 heterocycles. The van der Waals surface area contributed by atoms with E-state index in [-0.39, 0.29) is 42.3 Å².